The molecule has 0 radical (unpaired) electrons. The molecule has 0 heterocycles. The van der Waals surface area contributed by atoms with Crippen LogP contribution in [0.5, 0.6) is 17.2 Å². The van der Waals surface area contributed by atoms with Crippen LogP contribution >= 0.6 is 0 Å². The smallest absolute Gasteiger partial charge is 0.160 e. The molecule has 2 aromatic carbocycles. The van der Waals surface area contributed by atoms with Crippen molar-refractivity contribution in [2.75, 3.05) is 34.9 Å². The normalized spacial score (nSPS) is 15.0. The first-order valence-electron chi connectivity index (χ1n) is 12.1. The number of likely N-dealkylation sites (N-methyl/N-ethyl adjacent to an activating group) is 1. The highest BCUT2D eigenvalue weighted by Gasteiger charge is 2.15. The Bertz CT molecular complexity index is 953. The third kappa shape index (κ3) is 7.17. The van der Waals surface area contributed by atoms with Crippen LogP contribution in [0, 0.1) is 17.8 Å². The van der Waals surface area contributed by atoms with E-state index in [4.69, 9.17) is 14.2 Å². The van der Waals surface area contributed by atoms with Gasteiger partial charge in [-0.1, -0.05) is 37.2 Å². The molecule has 0 N–H and O–H groups in total. The summed E-state index contributed by atoms with van der Waals surface area (Å²) in [7, 11) is 7.27. The molecule has 3 rings (SSSR count). The molecule has 1 aliphatic carbocycles. The lowest BCUT2D eigenvalue weighted by atomic mass is 9.89. The summed E-state index contributed by atoms with van der Waals surface area (Å²) in [6.45, 7) is 3.25. The molecule has 0 aliphatic heterocycles. The van der Waals surface area contributed by atoms with Gasteiger partial charge < -0.3 is 19.1 Å². The number of rotatable bonds is 9. The lowest BCUT2D eigenvalue weighted by Crippen LogP contribution is -2.32. The average molecular weight is 450 g/mol. The van der Waals surface area contributed by atoms with Crippen LogP contribution in [0.1, 0.15) is 55.7 Å². The summed E-state index contributed by atoms with van der Waals surface area (Å²) in [5, 5.41) is 0. The van der Waals surface area contributed by atoms with Gasteiger partial charge in [-0.05, 0) is 81.1 Å². The zero-order valence-corrected chi connectivity index (χ0v) is 20.9. The van der Waals surface area contributed by atoms with Gasteiger partial charge in [0.15, 0.2) is 11.5 Å². The van der Waals surface area contributed by atoms with E-state index in [9.17, 15) is 0 Å². The summed E-state index contributed by atoms with van der Waals surface area (Å²) in [5.41, 5.74) is 3.65. The van der Waals surface area contributed by atoms with E-state index in [1.807, 2.05) is 12.1 Å². The van der Waals surface area contributed by atoms with Crippen molar-refractivity contribution in [1.82, 2.24) is 4.90 Å². The fourth-order valence-corrected chi connectivity index (χ4v) is 4.45. The first kappa shape index (κ1) is 25.0. The number of benzene rings is 2. The van der Waals surface area contributed by atoms with Crippen LogP contribution in [0.25, 0.3) is 0 Å². The van der Waals surface area contributed by atoms with Crippen molar-refractivity contribution in [1.29, 1.82) is 0 Å². The zero-order chi connectivity index (χ0) is 23.6. The van der Waals surface area contributed by atoms with Gasteiger partial charge in [-0.25, -0.2) is 0 Å². The molecule has 4 nitrogen and oxygen atoms in total. The number of hydrogen-bond donors (Lipinski definition) is 0. The maximum Gasteiger partial charge on any atom is 0.160 e. The zero-order valence-electron chi connectivity index (χ0n) is 20.9. The minimum Gasteiger partial charge on any atom is -0.497 e. The first-order chi connectivity index (χ1) is 16.0. The van der Waals surface area contributed by atoms with Gasteiger partial charge in [0, 0.05) is 24.1 Å². The third-order valence-electron chi connectivity index (χ3n) is 6.80. The van der Waals surface area contributed by atoms with Gasteiger partial charge in [-0.15, -0.1) is 0 Å². The Morgan fingerprint density at radius 3 is 2.39 bits per heavy atom. The van der Waals surface area contributed by atoms with Crippen LogP contribution in [0.2, 0.25) is 0 Å². The lowest BCUT2D eigenvalue weighted by Gasteiger charge is -2.25. The monoisotopic (exact) mass is 449 g/mol. The standard InChI is InChI=1S/C29H39NO3/c1-22(30(2)18-17-24-12-16-28(32-4)29(20-24)33-5)19-26-21-27(31-3)15-14-25(26)13-11-23-9-7-6-8-10-23/h12,14-16,20-23H,6-10,17-19H2,1-5H3. The fourth-order valence-electron chi connectivity index (χ4n) is 4.45. The van der Waals surface area contributed by atoms with Crippen LogP contribution in [-0.4, -0.2) is 45.9 Å². The Kier molecular flexibility index (Phi) is 9.51. The van der Waals surface area contributed by atoms with E-state index in [0.29, 0.717) is 12.0 Å². The van der Waals surface area contributed by atoms with Crippen molar-refractivity contribution in [3.05, 3.63) is 53.1 Å². The molecule has 1 fully saturated rings. The summed E-state index contributed by atoms with van der Waals surface area (Å²) in [6.07, 6.45) is 8.37. The number of ether oxygens (including phenoxy) is 3. The van der Waals surface area contributed by atoms with Gasteiger partial charge in [0.2, 0.25) is 0 Å². The second-order valence-electron chi connectivity index (χ2n) is 9.10. The van der Waals surface area contributed by atoms with Crippen LogP contribution in [0.3, 0.4) is 0 Å². The molecule has 0 aromatic heterocycles. The average Bonchev–Trinajstić information content (AvgIpc) is 2.86. The molecule has 33 heavy (non-hydrogen) atoms. The predicted molar refractivity (Wildman–Crippen MR) is 135 cm³/mol. The fraction of sp³-hybridized carbons (Fsp3) is 0.517. The molecule has 1 aliphatic rings. The minimum absolute atomic E-state index is 0.382. The summed E-state index contributed by atoms with van der Waals surface area (Å²) in [5.74, 6) is 10.1. The summed E-state index contributed by atoms with van der Waals surface area (Å²) < 4.78 is 16.3. The Balaban J connectivity index is 1.65. The van der Waals surface area contributed by atoms with E-state index in [2.05, 4.69) is 55.0 Å². The van der Waals surface area contributed by atoms with Crippen LogP contribution in [-0.2, 0) is 12.8 Å². The Morgan fingerprint density at radius 2 is 1.70 bits per heavy atom. The molecular formula is C29H39NO3. The molecule has 0 spiro atoms. The van der Waals surface area contributed by atoms with Crippen molar-refractivity contribution in [2.24, 2.45) is 5.92 Å². The second-order valence-corrected chi connectivity index (χ2v) is 9.10. The minimum atomic E-state index is 0.382. The van der Waals surface area contributed by atoms with Gasteiger partial charge in [-0.3, -0.25) is 0 Å². The van der Waals surface area contributed by atoms with E-state index in [0.717, 1.165) is 42.2 Å². The summed E-state index contributed by atoms with van der Waals surface area (Å²) >= 11 is 0. The van der Waals surface area contributed by atoms with Crippen LogP contribution < -0.4 is 14.2 Å². The van der Waals surface area contributed by atoms with Crippen molar-refractivity contribution in [3.63, 3.8) is 0 Å². The van der Waals surface area contributed by atoms with Gasteiger partial charge in [-0.2, -0.15) is 0 Å². The number of methoxy groups -OCH3 is 3. The van der Waals surface area contributed by atoms with Gasteiger partial charge in [0.1, 0.15) is 5.75 Å². The SMILES string of the molecule is COc1ccc(C#CC2CCCCC2)c(CC(C)N(C)CCc2ccc(OC)c(OC)c2)c1. The second kappa shape index (κ2) is 12.6. The van der Waals surface area contributed by atoms with Gasteiger partial charge >= 0.3 is 0 Å². The van der Waals surface area contributed by atoms with Crippen molar-refractivity contribution in [3.8, 4) is 29.1 Å². The third-order valence-corrected chi connectivity index (χ3v) is 6.80. The van der Waals surface area contributed by atoms with Crippen molar-refractivity contribution >= 4 is 0 Å². The van der Waals surface area contributed by atoms with Crippen molar-refractivity contribution in [2.45, 2.75) is 57.9 Å². The van der Waals surface area contributed by atoms with E-state index in [1.165, 1.54) is 43.2 Å². The molecule has 1 unspecified atom stereocenters. The highest BCUT2D eigenvalue weighted by Crippen LogP contribution is 2.28. The maximum absolute atomic E-state index is 5.51. The Labute approximate surface area is 200 Å². The molecule has 0 saturated heterocycles. The molecule has 1 saturated carbocycles. The number of nitrogens with zero attached hydrogens (tertiary/aromatic N) is 1. The molecule has 4 heteroatoms. The predicted octanol–water partition coefficient (Wildman–Crippen LogP) is 5.75. The lowest BCUT2D eigenvalue weighted by molar-refractivity contribution is 0.259. The van der Waals surface area contributed by atoms with Crippen molar-refractivity contribution < 1.29 is 14.2 Å². The van der Waals surface area contributed by atoms with Gasteiger partial charge in [0.05, 0.1) is 21.3 Å². The summed E-state index contributed by atoms with van der Waals surface area (Å²) in [6, 6.07) is 12.8. The topological polar surface area (TPSA) is 30.9 Å². The maximum atomic E-state index is 5.51. The van der Waals surface area contributed by atoms with Crippen LogP contribution in [0.4, 0.5) is 0 Å². The quantitative estimate of drug-likeness (QED) is 0.456. The van der Waals surface area contributed by atoms with E-state index < -0.39 is 0 Å². The van der Waals surface area contributed by atoms with Crippen LogP contribution in [0.15, 0.2) is 36.4 Å². The summed E-state index contributed by atoms with van der Waals surface area (Å²) in [4.78, 5) is 2.41. The highest BCUT2D eigenvalue weighted by atomic mass is 16.5. The molecule has 0 bridgehead atoms. The molecule has 0 amide bonds. The van der Waals surface area contributed by atoms with Gasteiger partial charge in [0.25, 0.3) is 0 Å². The van der Waals surface area contributed by atoms with E-state index in [1.54, 1.807) is 21.3 Å². The Morgan fingerprint density at radius 1 is 0.939 bits per heavy atom. The molecule has 2 aromatic rings. The highest BCUT2D eigenvalue weighted by molar-refractivity contribution is 5.46. The molecule has 1 atom stereocenters. The first-order valence-corrected chi connectivity index (χ1v) is 12.1. The Hall–Kier alpha value is -2.64. The van der Waals surface area contributed by atoms with E-state index in [-0.39, 0.29) is 0 Å². The number of hydrogen-bond acceptors (Lipinski definition) is 4. The largest absolute Gasteiger partial charge is 0.497 e. The van der Waals surface area contributed by atoms with E-state index >= 15 is 0 Å². The molecular weight excluding hydrogens is 410 g/mol. The molecule has 178 valence electrons.